The number of likely N-dealkylation sites (N-methyl/N-ethyl adjacent to an activating group) is 1. The lowest BCUT2D eigenvalue weighted by Gasteiger charge is -2.50. The number of hydrogen-bond acceptors (Lipinski definition) is 10. The third-order valence-corrected chi connectivity index (χ3v) is 7.33. The van der Waals surface area contributed by atoms with Crippen molar-refractivity contribution in [3.05, 3.63) is 45.9 Å². The van der Waals surface area contributed by atoms with Gasteiger partial charge in [0.2, 0.25) is 11.7 Å². The van der Waals surface area contributed by atoms with E-state index in [9.17, 15) is 39.6 Å². The molecular weight excluding hydrogens is 470 g/mol. The molecule has 11 nitrogen and oxygen atoms in total. The van der Waals surface area contributed by atoms with Crippen LogP contribution in [0, 0.1) is 11.8 Å². The minimum Gasteiger partial charge on any atom is -0.510 e. The predicted molar refractivity (Wildman–Crippen MR) is 128 cm³/mol. The number of nitrogens with zero attached hydrogens (tertiary/aromatic N) is 2. The second-order valence-corrected chi connectivity index (χ2v) is 9.96. The molecule has 11 heteroatoms. The van der Waals surface area contributed by atoms with Gasteiger partial charge in [0.1, 0.15) is 22.8 Å². The van der Waals surface area contributed by atoms with E-state index in [0.29, 0.717) is 11.3 Å². The number of allylic oxidation sites excluding steroid dienone is 1. The highest BCUT2D eigenvalue weighted by Crippen LogP contribution is 2.53. The number of benzene rings is 1. The van der Waals surface area contributed by atoms with Gasteiger partial charge in [-0.2, -0.15) is 0 Å². The van der Waals surface area contributed by atoms with E-state index in [2.05, 4.69) is 0 Å². The summed E-state index contributed by atoms with van der Waals surface area (Å²) in [6.07, 6.45) is 0.245. The number of rotatable bonds is 3. The lowest BCUT2D eigenvalue weighted by Crippen LogP contribution is -2.64. The molecule has 0 radical (unpaired) electrons. The van der Waals surface area contributed by atoms with Crippen LogP contribution in [-0.4, -0.2) is 88.5 Å². The van der Waals surface area contributed by atoms with E-state index in [-0.39, 0.29) is 29.7 Å². The Morgan fingerprint density at radius 1 is 1.08 bits per heavy atom. The number of phenols is 1. The topological polar surface area (TPSA) is 168 Å². The summed E-state index contributed by atoms with van der Waals surface area (Å²) in [4.78, 5) is 54.5. The van der Waals surface area contributed by atoms with Crippen molar-refractivity contribution in [1.82, 2.24) is 10.2 Å². The van der Waals surface area contributed by atoms with Crippen LogP contribution in [0.5, 0.6) is 5.75 Å². The van der Waals surface area contributed by atoms with Crippen molar-refractivity contribution in [1.29, 1.82) is 0 Å². The van der Waals surface area contributed by atoms with Gasteiger partial charge >= 0.3 is 0 Å². The van der Waals surface area contributed by atoms with Gasteiger partial charge in [-0.15, -0.1) is 0 Å². The predicted octanol–water partition coefficient (Wildman–Crippen LogP) is 0.364. The highest BCUT2D eigenvalue weighted by atomic mass is 16.3. The van der Waals surface area contributed by atoms with Crippen LogP contribution in [0.4, 0.5) is 5.69 Å². The van der Waals surface area contributed by atoms with Crippen molar-refractivity contribution in [2.75, 3.05) is 33.1 Å². The fourth-order valence-corrected chi connectivity index (χ4v) is 5.86. The number of hydrogen-bond donors (Lipinski definition) is 5. The Morgan fingerprint density at radius 3 is 2.28 bits per heavy atom. The van der Waals surface area contributed by atoms with Crippen LogP contribution < -0.4 is 10.2 Å². The Balaban J connectivity index is 1.95. The van der Waals surface area contributed by atoms with Gasteiger partial charge in [-0.05, 0) is 50.6 Å². The molecule has 0 unspecified atom stereocenters. The van der Waals surface area contributed by atoms with Crippen molar-refractivity contribution < 1.29 is 39.6 Å². The molecule has 0 heterocycles. The van der Waals surface area contributed by atoms with Crippen LogP contribution in [0.3, 0.4) is 0 Å². The van der Waals surface area contributed by atoms with E-state index in [0.717, 1.165) is 6.92 Å². The fraction of sp³-hybridized carbons (Fsp3) is 0.440. The number of aromatic hydroxyl groups is 1. The summed E-state index contributed by atoms with van der Waals surface area (Å²) in [5, 5.41) is 46.5. The van der Waals surface area contributed by atoms with Crippen LogP contribution in [0.1, 0.15) is 29.3 Å². The molecule has 1 aromatic carbocycles. The molecule has 0 aromatic heterocycles. The Bertz CT molecular complexity index is 1280. The zero-order chi connectivity index (χ0) is 26.9. The maximum atomic E-state index is 13.6. The zero-order valence-corrected chi connectivity index (χ0v) is 20.6. The van der Waals surface area contributed by atoms with E-state index >= 15 is 0 Å². The summed E-state index contributed by atoms with van der Waals surface area (Å²) in [6, 6.07) is 1.96. The second kappa shape index (κ2) is 8.45. The maximum absolute atomic E-state index is 13.6. The Kier molecular flexibility index (Phi) is 5.96. The molecule has 3 aliphatic carbocycles. The summed E-state index contributed by atoms with van der Waals surface area (Å²) in [5.41, 5.74) is -2.55. The number of aliphatic hydroxyl groups is 3. The molecule has 0 spiro atoms. The van der Waals surface area contributed by atoms with Gasteiger partial charge in [-0.25, -0.2) is 0 Å². The smallest absolute Gasteiger partial charge is 0.265 e. The number of amides is 2. The first kappa shape index (κ1) is 25.4. The first-order chi connectivity index (χ1) is 16.7. The van der Waals surface area contributed by atoms with E-state index < -0.39 is 64.0 Å². The van der Waals surface area contributed by atoms with Crippen LogP contribution in [-0.2, 0) is 20.8 Å². The van der Waals surface area contributed by atoms with Crippen LogP contribution in [0.25, 0.3) is 0 Å². The molecule has 4 rings (SSSR count). The number of imide groups is 1. The van der Waals surface area contributed by atoms with Crippen LogP contribution in [0.15, 0.2) is 34.8 Å². The summed E-state index contributed by atoms with van der Waals surface area (Å²) < 4.78 is 0. The van der Waals surface area contributed by atoms with Crippen molar-refractivity contribution in [2.24, 2.45) is 11.8 Å². The first-order valence-corrected chi connectivity index (χ1v) is 11.4. The molecule has 36 heavy (non-hydrogen) atoms. The largest absolute Gasteiger partial charge is 0.510 e. The number of ketones is 2. The Labute approximate surface area is 207 Å². The molecule has 0 aliphatic heterocycles. The molecule has 0 bridgehead atoms. The second-order valence-electron chi connectivity index (χ2n) is 9.96. The average molecular weight is 500 g/mol. The van der Waals surface area contributed by atoms with Crippen molar-refractivity contribution in [3.63, 3.8) is 0 Å². The number of carbonyl (C=O) groups excluding carboxylic acids is 4. The molecule has 0 saturated carbocycles. The average Bonchev–Trinajstić information content (AvgIpc) is 2.75. The quantitative estimate of drug-likeness (QED) is 0.366. The normalized spacial score (nSPS) is 27.5. The van der Waals surface area contributed by atoms with Gasteiger partial charge in [0.15, 0.2) is 11.4 Å². The highest BCUT2D eigenvalue weighted by molar-refractivity contribution is 6.27. The molecule has 2 amide bonds. The fourth-order valence-electron chi connectivity index (χ4n) is 5.86. The number of Topliss-reactive ketones (excluding diaryl/α,β-unsaturated/α-hetero) is 2. The lowest BCUT2D eigenvalue weighted by atomic mass is 9.58. The molecule has 0 fully saturated rings. The van der Waals surface area contributed by atoms with Crippen molar-refractivity contribution in [2.45, 2.75) is 31.4 Å². The number of carbonyl (C=O) groups is 4. The van der Waals surface area contributed by atoms with Gasteiger partial charge in [0.25, 0.3) is 5.91 Å². The number of anilines is 1. The standard InChI is InChI=1S/C25H29N3O8/c1-10(29)26-24(35)18-21(32)19(28(4)5)13-9-11-8-12-14(27(2)3)6-7-15(30)17(12)20(31)16(11)22(33)25(13,36)23(18)34/h6-7,11,13,19,30,32-33,36H,8-9H2,1-5H3,(H,26,29,35)/t11-,13-,19-,25-/m0/s1. The Hall–Kier alpha value is -3.70. The summed E-state index contributed by atoms with van der Waals surface area (Å²) in [5.74, 6) is -7.64. The minimum atomic E-state index is -2.71. The monoisotopic (exact) mass is 499 g/mol. The minimum absolute atomic E-state index is 0.0177. The molecule has 0 saturated heterocycles. The maximum Gasteiger partial charge on any atom is 0.265 e. The van der Waals surface area contributed by atoms with E-state index in [4.69, 9.17) is 0 Å². The van der Waals surface area contributed by atoms with Crippen molar-refractivity contribution >= 4 is 29.1 Å². The van der Waals surface area contributed by atoms with E-state index in [1.165, 1.54) is 11.0 Å². The molecule has 5 N–H and O–H groups in total. The van der Waals surface area contributed by atoms with Gasteiger partial charge in [0, 0.05) is 38.2 Å². The molecule has 4 atom stereocenters. The number of phenolic OH excluding ortho intramolecular Hbond substituents is 1. The van der Waals surface area contributed by atoms with Crippen LogP contribution in [0.2, 0.25) is 0 Å². The third kappa shape index (κ3) is 3.41. The highest BCUT2D eigenvalue weighted by Gasteiger charge is 2.63. The summed E-state index contributed by atoms with van der Waals surface area (Å²) in [6.45, 7) is 1.04. The number of nitrogens with one attached hydrogen (secondary N) is 1. The van der Waals surface area contributed by atoms with Crippen LogP contribution >= 0.6 is 0 Å². The number of fused-ring (bicyclic) bond motifs is 3. The SMILES string of the molecule is CC(=O)NC(=O)C1=C(O)[C@@H](N(C)C)[C@@H]2C[C@@H]3Cc4c(N(C)C)ccc(O)c4C(=O)C3=C(O)[C@]2(O)C1=O. The molecule has 1 aromatic rings. The van der Waals surface area contributed by atoms with E-state index in [1.54, 1.807) is 39.2 Å². The van der Waals surface area contributed by atoms with Gasteiger partial charge in [0.05, 0.1) is 11.6 Å². The molecular formula is C25H29N3O8. The lowest BCUT2D eigenvalue weighted by molar-refractivity contribution is -0.148. The molecule has 3 aliphatic rings. The first-order valence-electron chi connectivity index (χ1n) is 11.4. The van der Waals surface area contributed by atoms with E-state index in [1.807, 2.05) is 5.32 Å². The Morgan fingerprint density at radius 2 is 1.72 bits per heavy atom. The van der Waals surface area contributed by atoms with Crippen molar-refractivity contribution in [3.8, 4) is 5.75 Å². The van der Waals surface area contributed by atoms with Gasteiger partial charge in [-0.3, -0.25) is 29.4 Å². The van der Waals surface area contributed by atoms with Gasteiger partial charge in [-0.1, -0.05) is 0 Å². The van der Waals surface area contributed by atoms with Gasteiger partial charge < -0.3 is 25.3 Å². The zero-order valence-electron chi connectivity index (χ0n) is 20.6. The molecule has 192 valence electrons. The summed E-state index contributed by atoms with van der Waals surface area (Å²) in [7, 11) is 6.71. The summed E-state index contributed by atoms with van der Waals surface area (Å²) >= 11 is 0. The number of aliphatic hydroxyl groups excluding tert-OH is 2. The third-order valence-electron chi connectivity index (χ3n) is 7.33.